The van der Waals surface area contributed by atoms with E-state index in [2.05, 4.69) is 20.6 Å². The van der Waals surface area contributed by atoms with E-state index in [9.17, 15) is 22.5 Å². The molecule has 4 rings (SSSR count). The van der Waals surface area contributed by atoms with Gasteiger partial charge >= 0.3 is 6.18 Å². The number of para-hydroxylation sites is 1. The highest BCUT2D eigenvalue weighted by Gasteiger charge is 2.39. The molecule has 1 aliphatic heterocycles. The van der Waals surface area contributed by atoms with E-state index < -0.39 is 29.6 Å². The molecule has 2 unspecified atom stereocenters. The van der Waals surface area contributed by atoms with Crippen LogP contribution in [0.15, 0.2) is 47.5 Å². The summed E-state index contributed by atoms with van der Waals surface area (Å²) < 4.78 is 57.5. The van der Waals surface area contributed by atoms with Crippen molar-refractivity contribution < 1.29 is 27.2 Å². The van der Waals surface area contributed by atoms with Crippen molar-refractivity contribution in [1.82, 2.24) is 14.9 Å². The van der Waals surface area contributed by atoms with Crippen LogP contribution in [0, 0.1) is 6.92 Å². The Kier molecular flexibility index (Phi) is 11.1. The molecule has 2 atom stereocenters. The number of hydrogen-bond acceptors (Lipinski definition) is 8. The fraction of sp³-hybridized carbons (Fsp3) is 0.484. The van der Waals surface area contributed by atoms with Crippen LogP contribution in [0.25, 0.3) is 0 Å². The highest BCUT2D eigenvalue weighted by molar-refractivity contribution is 7.85. The Bertz CT molecular complexity index is 1470. The molecule has 8 nitrogen and oxygen atoms in total. The molecule has 0 aliphatic carbocycles. The second kappa shape index (κ2) is 14.4. The zero-order valence-corrected chi connectivity index (χ0v) is 27.0. The molecular weight excluding hydrogens is 615 g/mol. The molecule has 44 heavy (non-hydrogen) atoms. The molecule has 1 saturated heterocycles. The number of aromatic nitrogens is 2. The first-order valence-electron chi connectivity index (χ1n) is 14.6. The van der Waals surface area contributed by atoms with Crippen LogP contribution in [-0.2, 0) is 10.8 Å². The van der Waals surface area contributed by atoms with Crippen LogP contribution in [0.5, 0.6) is 5.75 Å². The summed E-state index contributed by atoms with van der Waals surface area (Å²) in [7, 11) is -1.23. The van der Waals surface area contributed by atoms with E-state index in [0.717, 1.165) is 11.1 Å². The number of aliphatic hydroxyl groups excluding tert-OH is 1. The van der Waals surface area contributed by atoms with Gasteiger partial charge in [0.1, 0.15) is 10.8 Å². The lowest BCUT2D eigenvalue weighted by atomic mass is 9.86. The van der Waals surface area contributed by atoms with Crippen LogP contribution in [-0.4, -0.2) is 67.5 Å². The minimum absolute atomic E-state index is 0.0727. The van der Waals surface area contributed by atoms with Crippen LogP contribution in [0.4, 0.5) is 36.3 Å². The fourth-order valence-corrected chi connectivity index (χ4v) is 6.32. The Morgan fingerprint density at radius 3 is 2.43 bits per heavy atom. The molecule has 1 fully saturated rings. The Morgan fingerprint density at radius 1 is 1.11 bits per heavy atom. The molecule has 0 saturated carbocycles. The van der Waals surface area contributed by atoms with Gasteiger partial charge < -0.3 is 25.4 Å². The van der Waals surface area contributed by atoms with Gasteiger partial charge in [-0.2, -0.15) is 18.2 Å². The van der Waals surface area contributed by atoms with Crippen LogP contribution >= 0.6 is 11.6 Å². The lowest BCUT2D eigenvalue weighted by molar-refractivity contribution is -0.208. The van der Waals surface area contributed by atoms with Crippen molar-refractivity contribution in [1.29, 1.82) is 0 Å². The summed E-state index contributed by atoms with van der Waals surface area (Å²) in [4.78, 5) is 11.3. The smallest absolute Gasteiger partial charge is 0.415 e. The molecule has 0 bridgehead atoms. The van der Waals surface area contributed by atoms with Gasteiger partial charge in [0.05, 0.1) is 39.4 Å². The number of alkyl halides is 3. The summed E-state index contributed by atoms with van der Waals surface area (Å²) in [5.74, 6) is 1.36. The summed E-state index contributed by atoms with van der Waals surface area (Å²) in [6.45, 7) is 10.1. The fourth-order valence-electron chi connectivity index (χ4n) is 5.13. The van der Waals surface area contributed by atoms with Gasteiger partial charge in [-0.05, 0) is 88.0 Å². The SMILES string of the molecule is Cc1cc(Nc2ncc(Cl)c(Nc3ccccc3S(=O)C(C)C)n2)c(OC(C)C)cc1C1CCN(CC(O)C(F)(F)F)CC1. The molecule has 2 aromatic carbocycles. The van der Waals surface area contributed by atoms with Crippen LogP contribution in [0.1, 0.15) is 57.6 Å². The van der Waals surface area contributed by atoms with E-state index in [-0.39, 0.29) is 23.2 Å². The number of β-amino-alcohol motifs (C(OH)–C–C–N with tert-alkyl or cyclic N) is 1. The first kappa shape index (κ1) is 34.0. The van der Waals surface area contributed by atoms with Gasteiger partial charge in [0.15, 0.2) is 11.9 Å². The van der Waals surface area contributed by atoms with Crippen molar-refractivity contribution in [3.05, 3.63) is 58.7 Å². The monoisotopic (exact) mass is 653 g/mol. The van der Waals surface area contributed by atoms with E-state index in [1.165, 1.54) is 6.20 Å². The lowest BCUT2D eigenvalue weighted by Crippen LogP contribution is -2.44. The first-order valence-corrected chi connectivity index (χ1v) is 16.2. The third-order valence-electron chi connectivity index (χ3n) is 7.34. The second-order valence-electron chi connectivity index (χ2n) is 11.5. The van der Waals surface area contributed by atoms with Gasteiger partial charge in [0, 0.05) is 11.8 Å². The molecule has 240 valence electrons. The number of piperidine rings is 1. The molecule has 1 aliphatic rings. The van der Waals surface area contributed by atoms with Crippen LogP contribution in [0.2, 0.25) is 5.02 Å². The van der Waals surface area contributed by atoms with Crippen molar-refractivity contribution in [2.75, 3.05) is 30.3 Å². The Labute approximate surface area is 263 Å². The van der Waals surface area contributed by atoms with Gasteiger partial charge in [-0.25, -0.2) is 4.98 Å². The van der Waals surface area contributed by atoms with Gasteiger partial charge in [-0.1, -0.05) is 37.6 Å². The average Bonchev–Trinajstić information content (AvgIpc) is 2.95. The Balaban J connectivity index is 1.55. The maximum Gasteiger partial charge on any atom is 0.415 e. The van der Waals surface area contributed by atoms with Crippen LogP contribution < -0.4 is 15.4 Å². The third kappa shape index (κ3) is 8.62. The van der Waals surface area contributed by atoms with Crippen molar-refractivity contribution in [2.45, 2.75) is 81.9 Å². The third-order valence-corrected chi connectivity index (χ3v) is 9.27. The molecule has 13 heteroatoms. The topological polar surface area (TPSA) is 99.6 Å². The van der Waals surface area contributed by atoms with E-state index in [4.69, 9.17) is 16.3 Å². The molecule has 0 radical (unpaired) electrons. The minimum Gasteiger partial charge on any atom is -0.489 e. The largest absolute Gasteiger partial charge is 0.489 e. The standard InChI is InChI=1S/C31H39ClF3N5O3S/c1-18(2)43-26-15-22(21-10-12-40(13-11-21)17-28(41)31(33,34)35)20(5)14-25(26)38-30-36-16-23(32)29(39-30)37-24-8-6-7-9-27(24)44(42)19(3)4/h6-9,14-16,18-19,21,28,41H,10-13,17H2,1-5H3,(H2,36,37,38,39). The van der Waals surface area contributed by atoms with Crippen molar-refractivity contribution in [2.24, 2.45) is 0 Å². The quantitative estimate of drug-likeness (QED) is 0.198. The molecule has 3 aromatic rings. The number of aliphatic hydroxyl groups is 1. The van der Waals surface area contributed by atoms with E-state index in [1.54, 1.807) is 4.90 Å². The zero-order chi connectivity index (χ0) is 32.2. The summed E-state index contributed by atoms with van der Waals surface area (Å²) in [5.41, 5.74) is 3.35. The summed E-state index contributed by atoms with van der Waals surface area (Å²) in [6.07, 6.45) is -4.28. The molecule has 2 heterocycles. The predicted octanol–water partition coefficient (Wildman–Crippen LogP) is 7.33. The van der Waals surface area contributed by atoms with Crippen molar-refractivity contribution >= 4 is 45.5 Å². The minimum atomic E-state index is -4.62. The van der Waals surface area contributed by atoms with E-state index in [1.807, 2.05) is 71.0 Å². The van der Waals surface area contributed by atoms with Crippen molar-refractivity contribution in [3.8, 4) is 5.75 Å². The average molecular weight is 654 g/mol. The van der Waals surface area contributed by atoms with Gasteiger partial charge in [0.25, 0.3) is 0 Å². The molecular formula is C31H39ClF3N5O3S. The Morgan fingerprint density at radius 2 is 1.80 bits per heavy atom. The number of benzene rings is 2. The number of hydrogen-bond donors (Lipinski definition) is 3. The van der Waals surface area contributed by atoms with Gasteiger partial charge in [0.2, 0.25) is 5.95 Å². The second-order valence-corrected chi connectivity index (χ2v) is 13.9. The van der Waals surface area contributed by atoms with Crippen LogP contribution in [0.3, 0.4) is 0 Å². The highest BCUT2D eigenvalue weighted by Crippen LogP contribution is 2.38. The van der Waals surface area contributed by atoms with E-state index >= 15 is 0 Å². The maximum absolute atomic E-state index is 12.9. The summed E-state index contributed by atoms with van der Waals surface area (Å²) in [5, 5.41) is 16.2. The summed E-state index contributed by atoms with van der Waals surface area (Å²) >= 11 is 6.45. The summed E-state index contributed by atoms with van der Waals surface area (Å²) in [6, 6.07) is 11.2. The molecule has 1 aromatic heterocycles. The molecule has 0 amide bonds. The molecule has 0 spiro atoms. The maximum atomic E-state index is 12.9. The molecule has 3 N–H and O–H groups in total. The number of likely N-dealkylation sites (tertiary alicyclic amines) is 1. The zero-order valence-electron chi connectivity index (χ0n) is 25.4. The predicted molar refractivity (Wildman–Crippen MR) is 169 cm³/mol. The van der Waals surface area contributed by atoms with Gasteiger partial charge in [-0.15, -0.1) is 0 Å². The highest BCUT2D eigenvalue weighted by atomic mass is 35.5. The first-order chi connectivity index (χ1) is 20.7. The van der Waals surface area contributed by atoms with Gasteiger partial charge in [-0.3, -0.25) is 4.21 Å². The number of rotatable bonds is 11. The number of ether oxygens (including phenoxy) is 1. The number of halogens is 4. The number of nitrogens with zero attached hydrogens (tertiary/aromatic N) is 3. The normalized spacial score (nSPS) is 16.3. The van der Waals surface area contributed by atoms with Crippen molar-refractivity contribution in [3.63, 3.8) is 0 Å². The lowest BCUT2D eigenvalue weighted by Gasteiger charge is -2.34. The number of aryl methyl sites for hydroxylation is 1. The Hall–Kier alpha value is -2.93. The number of nitrogens with one attached hydrogen (secondary N) is 2. The van der Waals surface area contributed by atoms with E-state index in [0.29, 0.717) is 58.8 Å². The number of anilines is 4.